The molecule has 3 atom stereocenters. The highest BCUT2D eigenvalue weighted by molar-refractivity contribution is 7.98. The molecule has 1 saturated carbocycles. The van der Waals surface area contributed by atoms with Crippen LogP contribution in [0, 0.1) is 19.8 Å². The molecule has 1 fully saturated rings. The van der Waals surface area contributed by atoms with Crippen LogP contribution in [-0.4, -0.2) is 97.0 Å². The number of likely N-dealkylation sites (N-methyl/N-ethyl adjacent to an activating group) is 1. The lowest BCUT2D eigenvalue weighted by Gasteiger charge is -2.29. The smallest absolute Gasteiger partial charge is 0.305 e. The number of nitrogens with one attached hydrogen (secondary N) is 3. The summed E-state index contributed by atoms with van der Waals surface area (Å²) in [6.07, 6.45) is 10.9. The van der Waals surface area contributed by atoms with Crippen molar-refractivity contribution < 1.29 is 33.8 Å². The molecule has 0 spiro atoms. The number of aryl methyl sites for hydroxylation is 2. The maximum atomic E-state index is 13.5. The first-order valence-corrected chi connectivity index (χ1v) is 18.5. The number of phenols is 1. The number of nitrogens with two attached hydrogens (primary N) is 1. The molecule has 270 valence electrons. The molecule has 6 N–H and O–H groups in total. The van der Waals surface area contributed by atoms with Crippen molar-refractivity contribution in [3.8, 4) is 5.75 Å². The third kappa shape index (κ3) is 14.4. The van der Waals surface area contributed by atoms with Gasteiger partial charge < -0.3 is 36.4 Å². The van der Waals surface area contributed by atoms with E-state index in [-0.39, 0.29) is 30.6 Å². The summed E-state index contributed by atoms with van der Waals surface area (Å²) < 4.78 is 4.68. The summed E-state index contributed by atoms with van der Waals surface area (Å²) in [6, 6.07) is 0.712. The Labute approximate surface area is 290 Å². The number of carbonyl (C=O) groups excluding carboxylic acids is 5. The van der Waals surface area contributed by atoms with Gasteiger partial charge in [0.05, 0.1) is 19.7 Å². The molecule has 0 aromatic heterocycles. The number of unbranched alkanes of at least 4 members (excludes halogenated alkanes) is 2. The maximum Gasteiger partial charge on any atom is 0.305 e. The van der Waals surface area contributed by atoms with E-state index in [0.717, 1.165) is 55.2 Å². The fraction of sp³-hybridized carbons (Fsp3) is 0.686. The zero-order valence-corrected chi connectivity index (χ0v) is 30.2. The fourth-order valence-corrected chi connectivity index (χ4v) is 6.65. The summed E-state index contributed by atoms with van der Waals surface area (Å²) in [5, 5.41) is 18.1. The highest BCUT2D eigenvalue weighted by atomic mass is 32.2. The number of hydrogen-bond acceptors (Lipinski definition) is 9. The van der Waals surface area contributed by atoms with Gasteiger partial charge in [-0.3, -0.25) is 24.0 Å². The summed E-state index contributed by atoms with van der Waals surface area (Å²) >= 11 is 1.53. The number of ether oxygens (including phenoxy) is 1. The predicted octanol–water partition coefficient (Wildman–Crippen LogP) is 2.88. The third-order valence-corrected chi connectivity index (χ3v) is 9.66. The van der Waals surface area contributed by atoms with E-state index in [2.05, 4.69) is 20.7 Å². The molecule has 4 amide bonds. The Hall–Kier alpha value is -3.32. The zero-order chi connectivity index (χ0) is 35.6. The number of thioether (sulfide) groups is 1. The van der Waals surface area contributed by atoms with Crippen LogP contribution in [0.4, 0.5) is 0 Å². The first kappa shape index (κ1) is 40.9. The quantitative estimate of drug-likeness (QED) is 0.102. The molecule has 1 aromatic carbocycles. The van der Waals surface area contributed by atoms with Crippen molar-refractivity contribution in [1.29, 1.82) is 0 Å². The van der Waals surface area contributed by atoms with Gasteiger partial charge in [-0.1, -0.05) is 38.5 Å². The number of carbonyl (C=O) groups is 5. The van der Waals surface area contributed by atoms with Crippen LogP contribution in [0.25, 0.3) is 0 Å². The minimum absolute atomic E-state index is 0.144. The summed E-state index contributed by atoms with van der Waals surface area (Å²) in [4.78, 5) is 65.9. The first-order chi connectivity index (χ1) is 22.9. The van der Waals surface area contributed by atoms with Crippen molar-refractivity contribution in [2.45, 2.75) is 109 Å². The highest BCUT2D eigenvalue weighted by Crippen LogP contribution is 2.28. The molecular weight excluding hydrogens is 634 g/mol. The number of aromatic hydroxyl groups is 1. The second-order valence-corrected chi connectivity index (χ2v) is 13.9. The molecule has 0 radical (unpaired) electrons. The molecule has 2 rings (SSSR count). The van der Waals surface area contributed by atoms with E-state index in [1.54, 1.807) is 24.1 Å². The van der Waals surface area contributed by atoms with Gasteiger partial charge in [-0.2, -0.15) is 11.8 Å². The average Bonchev–Trinajstić information content (AvgIpc) is 3.06. The minimum Gasteiger partial charge on any atom is -0.508 e. The summed E-state index contributed by atoms with van der Waals surface area (Å²) in [6.45, 7) is 3.84. The van der Waals surface area contributed by atoms with E-state index >= 15 is 0 Å². The molecule has 1 aliphatic rings. The van der Waals surface area contributed by atoms with Gasteiger partial charge in [0.15, 0.2) is 0 Å². The van der Waals surface area contributed by atoms with E-state index in [1.807, 2.05) is 20.1 Å². The molecule has 0 aliphatic heterocycles. The molecule has 13 heteroatoms. The number of amides is 4. The Kier molecular flexibility index (Phi) is 18.4. The van der Waals surface area contributed by atoms with Gasteiger partial charge >= 0.3 is 5.97 Å². The van der Waals surface area contributed by atoms with Gasteiger partial charge in [0.2, 0.25) is 23.6 Å². The van der Waals surface area contributed by atoms with E-state index in [4.69, 9.17) is 5.73 Å². The summed E-state index contributed by atoms with van der Waals surface area (Å²) in [5.41, 5.74) is 8.74. The van der Waals surface area contributed by atoms with Gasteiger partial charge in [0, 0.05) is 20.0 Å². The lowest BCUT2D eigenvalue weighted by Crippen LogP contribution is -2.54. The van der Waals surface area contributed by atoms with E-state index < -0.39 is 35.8 Å². The molecule has 0 bridgehead atoms. The van der Waals surface area contributed by atoms with Crippen molar-refractivity contribution in [1.82, 2.24) is 20.9 Å². The fourth-order valence-electron chi connectivity index (χ4n) is 6.18. The summed E-state index contributed by atoms with van der Waals surface area (Å²) in [5.74, 6) is -0.816. The van der Waals surface area contributed by atoms with Crippen molar-refractivity contribution in [3.63, 3.8) is 0 Å². The Morgan fingerprint density at radius 1 is 1.00 bits per heavy atom. The second-order valence-electron chi connectivity index (χ2n) is 12.9. The topological polar surface area (TPSA) is 180 Å². The normalized spacial score (nSPS) is 15.1. The van der Waals surface area contributed by atoms with Crippen LogP contribution >= 0.6 is 11.8 Å². The van der Waals surface area contributed by atoms with E-state index in [9.17, 15) is 29.1 Å². The number of rotatable bonds is 20. The van der Waals surface area contributed by atoms with Gasteiger partial charge in [-0.25, -0.2) is 0 Å². The highest BCUT2D eigenvalue weighted by Gasteiger charge is 2.29. The van der Waals surface area contributed by atoms with Crippen molar-refractivity contribution in [2.75, 3.05) is 39.3 Å². The van der Waals surface area contributed by atoms with Gasteiger partial charge in [-0.05, 0) is 92.7 Å². The van der Waals surface area contributed by atoms with Crippen molar-refractivity contribution in [2.24, 2.45) is 11.7 Å². The van der Waals surface area contributed by atoms with Crippen LogP contribution in [0.15, 0.2) is 12.1 Å². The van der Waals surface area contributed by atoms with Crippen LogP contribution in [0.5, 0.6) is 5.75 Å². The molecular formula is C35H57N5O7S. The number of methoxy groups -OCH3 is 1. The number of hydrogen-bond donors (Lipinski definition) is 5. The molecule has 0 saturated heterocycles. The van der Waals surface area contributed by atoms with E-state index in [0.29, 0.717) is 43.9 Å². The van der Waals surface area contributed by atoms with Crippen LogP contribution < -0.4 is 21.7 Å². The van der Waals surface area contributed by atoms with Crippen LogP contribution in [0.3, 0.4) is 0 Å². The number of nitrogens with zero attached hydrogens (tertiary/aromatic N) is 1. The second kappa shape index (κ2) is 21.6. The molecule has 12 nitrogen and oxygen atoms in total. The Bertz CT molecular complexity index is 1200. The number of phenolic OH excluding ortho intramolecular Hbond substituents is 1. The Balaban J connectivity index is 1.98. The Morgan fingerprint density at radius 2 is 1.67 bits per heavy atom. The largest absolute Gasteiger partial charge is 0.508 e. The number of esters is 1. The zero-order valence-electron chi connectivity index (χ0n) is 29.4. The first-order valence-electron chi connectivity index (χ1n) is 17.1. The van der Waals surface area contributed by atoms with Crippen LogP contribution in [0.2, 0.25) is 0 Å². The molecule has 48 heavy (non-hydrogen) atoms. The van der Waals surface area contributed by atoms with Crippen molar-refractivity contribution >= 4 is 41.4 Å². The minimum atomic E-state index is -0.920. The number of benzene rings is 1. The molecule has 0 heterocycles. The van der Waals surface area contributed by atoms with Crippen LogP contribution in [0.1, 0.15) is 87.3 Å². The molecule has 1 aliphatic carbocycles. The maximum absolute atomic E-state index is 13.5. The van der Waals surface area contributed by atoms with Gasteiger partial charge in [-0.15, -0.1) is 0 Å². The standard InChI is InChI=1S/C35H57N5O7S/c1-23-18-26(41)19-24(2)27(23)21-28(36)33(44)39-29(15-17-48-5)34(45)37-22-31(42)38-30(20-25-12-8-6-9-13-25)35(46)40(3)16-11-7-10-14-32(43)47-4/h18-19,25,28-30,41H,6-17,20-22,36H2,1-5H3,(H,37,45)(H,38,42)(H,39,44)/t28-,29+,30-/m0/s1. The average molecular weight is 692 g/mol. The molecule has 0 unspecified atom stereocenters. The lowest BCUT2D eigenvalue weighted by atomic mass is 9.84. The SMILES string of the molecule is COC(=O)CCCCCN(C)C(=O)[C@H](CC1CCCCC1)NC(=O)CNC(=O)[C@@H](CCSC)NC(=O)[C@@H](N)Cc1c(C)cc(O)cc1C. The summed E-state index contributed by atoms with van der Waals surface area (Å²) in [7, 11) is 3.08. The third-order valence-electron chi connectivity index (χ3n) is 9.01. The molecule has 1 aromatic rings. The van der Waals surface area contributed by atoms with Gasteiger partial charge in [0.1, 0.15) is 17.8 Å². The lowest BCUT2D eigenvalue weighted by molar-refractivity contribution is -0.140. The van der Waals surface area contributed by atoms with E-state index in [1.165, 1.54) is 25.3 Å². The van der Waals surface area contributed by atoms with Crippen LogP contribution in [-0.2, 0) is 35.1 Å². The predicted molar refractivity (Wildman–Crippen MR) is 188 cm³/mol. The van der Waals surface area contributed by atoms with Gasteiger partial charge in [0.25, 0.3) is 0 Å². The van der Waals surface area contributed by atoms with Crippen molar-refractivity contribution in [3.05, 3.63) is 28.8 Å². The Morgan fingerprint density at radius 3 is 2.29 bits per heavy atom. The monoisotopic (exact) mass is 691 g/mol.